The molecule has 2 N–H and O–H groups in total. The van der Waals surface area contributed by atoms with Crippen LogP contribution in [0.2, 0.25) is 0 Å². The van der Waals surface area contributed by atoms with Gasteiger partial charge in [-0.1, -0.05) is 30.3 Å². The Bertz CT molecular complexity index is 655. The van der Waals surface area contributed by atoms with E-state index in [9.17, 15) is 4.79 Å². The zero-order valence-corrected chi connectivity index (χ0v) is 12.4. The van der Waals surface area contributed by atoms with Crippen molar-refractivity contribution < 1.29 is 4.79 Å². The third-order valence-corrected chi connectivity index (χ3v) is 5.41. The van der Waals surface area contributed by atoms with E-state index in [0.717, 1.165) is 17.0 Å². The number of fused-ring (bicyclic) bond motifs is 2. The van der Waals surface area contributed by atoms with E-state index in [1.54, 1.807) is 6.20 Å². The van der Waals surface area contributed by atoms with Crippen LogP contribution in [-0.4, -0.2) is 29.0 Å². The second-order valence-corrected chi connectivity index (χ2v) is 6.79. The van der Waals surface area contributed by atoms with Gasteiger partial charge in [0.25, 0.3) is 5.91 Å². The van der Waals surface area contributed by atoms with E-state index in [2.05, 4.69) is 15.6 Å². The summed E-state index contributed by atoms with van der Waals surface area (Å²) in [6.07, 6.45) is 5.16. The third-order valence-electron chi connectivity index (χ3n) is 4.37. The number of aromatic nitrogens is 1. The fourth-order valence-electron chi connectivity index (χ4n) is 3.32. The topological polar surface area (TPSA) is 54.0 Å². The number of carbonyl (C=O) groups excluding carboxylic acids is 1. The van der Waals surface area contributed by atoms with Crippen LogP contribution < -0.4 is 10.6 Å². The Morgan fingerprint density at radius 2 is 2.14 bits per heavy atom. The SMILES string of the molecule is O=C(N[C@@H]1CC2CCC1N2)c1cnc(-c2ccccc2)s1. The molecule has 21 heavy (non-hydrogen) atoms. The maximum absolute atomic E-state index is 12.4. The molecule has 2 fully saturated rings. The zero-order valence-electron chi connectivity index (χ0n) is 11.6. The number of benzene rings is 1. The maximum atomic E-state index is 12.4. The number of hydrogen-bond acceptors (Lipinski definition) is 4. The number of carbonyl (C=O) groups is 1. The lowest BCUT2D eigenvalue weighted by Gasteiger charge is -2.20. The summed E-state index contributed by atoms with van der Waals surface area (Å²) in [5.74, 6) is 0.00836. The predicted octanol–water partition coefficient (Wildman–Crippen LogP) is 2.43. The molecule has 2 saturated heterocycles. The van der Waals surface area contributed by atoms with Gasteiger partial charge >= 0.3 is 0 Å². The van der Waals surface area contributed by atoms with Crippen LogP contribution in [0.4, 0.5) is 0 Å². The van der Waals surface area contributed by atoms with E-state index >= 15 is 0 Å². The van der Waals surface area contributed by atoms with Crippen molar-refractivity contribution in [1.29, 1.82) is 0 Å². The second kappa shape index (κ2) is 5.24. The number of hydrogen-bond donors (Lipinski definition) is 2. The summed E-state index contributed by atoms with van der Waals surface area (Å²) in [6, 6.07) is 11.3. The minimum atomic E-state index is 0.00836. The first-order chi connectivity index (χ1) is 10.3. The highest BCUT2D eigenvalue weighted by Crippen LogP contribution is 2.29. The molecule has 2 aliphatic rings. The minimum absolute atomic E-state index is 0.00836. The number of nitrogens with one attached hydrogen (secondary N) is 2. The molecule has 0 spiro atoms. The summed E-state index contributed by atoms with van der Waals surface area (Å²) in [5, 5.41) is 7.59. The summed E-state index contributed by atoms with van der Waals surface area (Å²) < 4.78 is 0. The molecule has 2 unspecified atom stereocenters. The van der Waals surface area contributed by atoms with Crippen LogP contribution in [0.5, 0.6) is 0 Å². The second-order valence-electron chi connectivity index (χ2n) is 5.76. The third kappa shape index (κ3) is 2.47. The molecule has 1 aromatic heterocycles. The van der Waals surface area contributed by atoms with Crippen LogP contribution in [0.1, 0.15) is 28.9 Å². The van der Waals surface area contributed by atoms with Crippen LogP contribution in [0, 0.1) is 0 Å². The molecule has 0 saturated carbocycles. The molecule has 4 nitrogen and oxygen atoms in total. The molecule has 2 bridgehead atoms. The maximum Gasteiger partial charge on any atom is 0.263 e. The van der Waals surface area contributed by atoms with Crippen molar-refractivity contribution in [3.05, 3.63) is 41.4 Å². The van der Waals surface area contributed by atoms with Gasteiger partial charge in [-0.2, -0.15) is 0 Å². The molecule has 2 aliphatic heterocycles. The Morgan fingerprint density at radius 3 is 2.86 bits per heavy atom. The molecule has 4 rings (SSSR count). The molecule has 108 valence electrons. The van der Waals surface area contributed by atoms with Gasteiger partial charge in [-0.05, 0) is 19.3 Å². The van der Waals surface area contributed by atoms with E-state index in [1.807, 2.05) is 30.3 Å². The van der Waals surface area contributed by atoms with E-state index in [0.29, 0.717) is 17.0 Å². The van der Waals surface area contributed by atoms with Crippen molar-refractivity contribution in [3.8, 4) is 10.6 Å². The quantitative estimate of drug-likeness (QED) is 0.915. The lowest BCUT2D eigenvalue weighted by Crippen LogP contribution is -2.42. The van der Waals surface area contributed by atoms with Crippen molar-refractivity contribution in [2.24, 2.45) is 0 Å². The highest BCUT2D eigenvalue weighted by atomic mass is 32.1. The van der Waals surface area contributed by atoms with Crippen LogP contribution in [-0.2, 0) is 0 Å². The van der Waals surface area contributed by atoms with Crippen LogP contribution in [0.3, 0.4) is 0 Å². The monoisotopic (exact) mass is 299 g/mol. The lowest BCUT2D eigenvalue weighted by molar-refractivity contribution is 0.0935. The smallest absolute Gasteiger partial charge is 0.263 e. The van der Waals surface area contributed by atoms with Gasteiger partial charge in [0.1, 0.15) is 9.88 Å². The summed E-state index contributed by atoms with van der Waals surface area (Å²) in [4.78, 5) is 17.4. The van der Waals surface area contributed by atoms with Crippen molar-refractivity contribution >= 4 is 17.2 Å². The molecule has 1 aromatic carbocycles. The van der Waals surface area contributed by atoms with Crippen molar-refractivity contribution in [2.75, 3.05) is 0 Å². The number of thiazole rings is 1. The molecule has 0 aliphatic carbocycles. The first kappa shape index (κ1) is 13.0. The Hall–Kier alpha value is -1.72. The molecule has 3 atom stereocenters. The van der Waals surface area contributed by atoms with Crippen LogP contribution in [0.25, 0.3) is 10.6 Å². The minimum Gasteiger partial charge on any atom is -0.347 e. The van der Waals surface area contributed by atoms with E-state index in [4.69, 9.17) is 0 Å². The largest absolute Gasteiger partial charge is 0.347 e. The van der Waals surface area contributed by atoms with Gasteiger partial charge in [-0.15, -0.1) is 11.3 Å². The molecule has 3 heterocycles. The number of rotatable bonds is 3. The predicted molar refractivity (Wildman–Crippen MR) is 83.4 cm³/mol. The number of amides is 1. The van der Waals surface area contributed by atoms with Gasteiger partial charge in [-0.3, -0.25) is 4.79 Å². The average molecular weight is 299 g/mol. The molecular formula is C16H17N3OS. The normalized spacial score (nSPS) is 27.0. The van der Waals surface area contributed by atoms with Gasteiger partial charge in [0.15, 0.2) is 0 Å². The fourth-order valence-corrected chi connectivity index (χ4v) is 4.14. The zero-order chi connectivity index (χ0) is 14.2. The Labute approximate surface area is 127 Å². The molecular weight excluding hydrogens is 282 g/mol. The Kier molecular flexibility index (Phi) is 3.24. The summed E-state index contributed by atoms with van der Waals surface area (Å²) in [7, 11) is 0. The molecule has 1 amide bonds. The summed E-state index contributed by atoms with van der Waals surface area (Å²) >= 11 is 1.45. The van der Waals surface area contributed by atoms with Crippen molar-refractivity contribution in [1.82, 2.24) is 15.6 Å². The highest BCUT2D eigenvalue weighted by molar-refractivity contribution is 7.16. The van der Waals surface area contributed by atoms with Gasteiger partial charge in [-0.25, -0.2) is 4.98 Å². The molecule has 0 radical (unpaired) electrons. The average Bonchev–Trinajstić information content (AvgIpc) is 3.24. The standard InChI is InChI=1S/C16H17N3OS/c20-15(19-13-8-11-6-7-12(13)18-11)14-9-17-16(21-14)10-4-2-1-3-5-10/h1-5,9,11-13,18H,6-8H2,(H,19,20)/t11?,12?,13-/m1/s1. The van der Waals surface area contributed by atoms with Gasteiger partial charge < -0.3 is 10.6 Å². The highest BCUT2D eigenvalue weighted by Gasteiger charge is 2.39. The van der Waals surface area contributed by atoms with Crippen LogP contribution >= 0.6 is 11.3 Å². The molecule has 5 heteroatoms. The van der Waals surface area contributed by atoms with Gasteiger partial charge in [0.2, 0.25) is 0 Å². The van der Waals surface area contributed by atoms with E-state index < -0.39 is 0 Å². The Balaban J connectivity index is 1.47. The first-order valence-corrected chi connectivity index (χ1v) is 8.19. The Morgan fingerprint density at radius 1 is 1.29 bits per heavy atom. The molecule has 2 aromatic rings. The summed E-state index contributed by atoms with van der Waals surface area (Å²) in [6.45, 7) is 0. The van der Waals surface area contributed by atoms with Gasteiger partial charge in [0.05, 0.1) is 6.20 Å². The fraction of sp³-hybridized carbons (Fsp3) is 0.375. The number of nitrogens with zero attached hydrogens (tertiary/aromatic N) is 1. The van der Waals surface area contributed by atoms with Crippen molar-refractivity contribution in [3.63, 3.8) is 0 Å². The first-order valence-electron chi connectivity index (χ1n) is 7.38. The lowest BCUT2D eigenvalue weighted by atomic mass is 9.95. The van der Waals surface area contributed by atoms with Crippen molar-refractivity contribution in [2.45, 2.75) is 37.4 Å². The van der Waals surface area contributed by atoms with E-state index in [1.165, 1.54) is 24.2 Å². The van der Waals surface area contributed by atoms with Crippen LogP contribution in [0.15, 0.2) is 36.5 Å². The van der Waals surface area contributed by atoms with Gasteiger partial charge in [0, 0.05) is 23.7 Å². The summed E-state index contributed by atoms with van der Waals surface area (Å²) in [5.41, 5.74) is 1.06. The van der Waals surface area contributed by atoms with E-state index in [-0.39, 0.29) is 11.9 Å².